The third kappa shape index (κ3) is 1.86. The van der Waals surface area contributed by atoms with Gasteiger partial charge < -0.3 is 5.32 Å². The summed E-state index contributed by atoms with van der Waals surface area (Å²) in [5.41, 5.74) is 2.17. The van der Waals surface area contributed by atoms with Crippen LogP contribution in [0.4, 0.5) is 0 Å². The zero-order valence-electron chi connectivity index (χ0n) is 7.92. The maximum Gasteiger partial charge on any atom is 0.129 e. The lowest BCUT2D eigenvalue weighted by Crippen LogP contribution is -2.04. The van der Waals surface area contributed by atoms with Gasteiger partial charge in [0.1, 0.15) is 5.15 Å². The Hall–Kier alpha value is -1.12. The lowest BCUT2D eigenvalue weighted by molar-refractivity contribution is 0.819. The minimum atomic E-state index is 0.541. The monoisotopic (exact) mass is 206 g/mol. The Bertz CT molecular complexity index is 454. The topological polar surface area (TPSA) is 24.9 Å². The molecular formula is C11H11ClN2. The van der Waals surface area contributed by atoms with E-state index in [-0.39, 0.29) is 0 Å². The summed E-state index contributed by atoms with van der Waals surface area (Å²) in [5, 5.41) is 4.76. The molecule has 0 radical (unpaired) electrons. The average molecular weight is 207 g/mol. The number of fused-ring (bicyclic) bond motifs is 1. The Morgan fingerprint density at radius 2 is 2.07 bits per heavy atom. The van der Waals surface area contributed by atoms with E-state index in [0.29, 0.717) is 5.15 Å². The van der Waals surface area contributed by atoms with Crippen LogP contribution in [0.3, 0.4) is 0 Å². The normalized spacial score (nSPS) is 10.7. The minimum Gasteiger partial charge on any atom is -0.316 e. The molecule has 1 aromatic carbocycles. The van der Waals surface area contributed by atoms with Crippen LogP contribution in [0.5, 0.6) is 0 Å². The lowest BCUT2D eigenvalue weighted by Gasteiger charge is -2.02. The molecule has 2 nitrogen and oxygen atoms in total. The van der Waals surface area contributed by atoms with Crippen LogP contribution >= 0.6 is 11.6 Å². The molecule has 0 aliphatic rings. The third-order valence-electron chi connectivity index (χ3n) is 2.10. The maximum atomic E-state index is 5.82. The molecule has 0 fully saturated rings. The van der Waals surface area contributed by atoms with Gasteiger partial charge in [-0.05, 0) is 30.8 Å². The number of rotatable bonds is 2. The summed E-state index contributed by atoms with van der Waals surface area (Å²) >= 11 is 5.82. The van der Waals surface area contributed by atoms with Crippen molar-refractivity contribution in [3.8, 4) is 0 Å². The highest BCUT2D eigenvalue weighted by molar-refractivity contribution is 6.29. The molecule has 0 unspecified atom stereocenters. The predicted octanol–water partition coefficient (Wildman–Crippen LogP) is 2.61. The maximum absolute atomic E-state index is 5.82. The molecule has 2 aromatic rings. The van der Waals surface area contributed by atoms with Gasteiger partial charge in [0.25, 0.3) is 0 Å². The van der Waals surface area contributed by atoms with Crippen molar-refractivity contribution >= 4 is 22.5 Å². The van der Waals surface area contributed by atoms with Crippen LogP contribution < -0.4 is 5.32 Å². The van der Waals surface area contributed by atoms with E-state index in [2.05, 4.69) is 28.5 Å². The zero-order valence-corrected chi connectivity index (χ0v) is 8.67. The fourth-order valence-corrected chi connectivity index (χ4v) is 1.61. The number of nitrogens with one attached hydrogen (secondary N) is 1. The molecule has 0 atom stereocenters. The Labute approximate surface area is 87.9 Å². The molecule has 0 bridgehead atoms. The van der Waals surface area contributed by atoms with E-state index < -0.39 is 0 Å². The fourth-order valence-electron chi connectivity index (χ4n) is 1.45. The second-order valence-corrected chi connectivity index (χ2v) is 3.58. The molecule has 0 saturated carbocycles. The molecule has 0 aliphatic carbocycles. The molecule has 0 saturated heterocycles. The third-order valence-corrected chi connectivity index (χ3v) is 2.31. The van der Waals surface area contributed by atoms with Crippen molar-refractivity contribution in [2.75, 3.05) is 7.05 Å². The van der Waals surface area contributed by atoms with Gasteiger partial charge in [0.2, 0.25) is 0 Å². The van der Waals surface area contributed by atoms with Crippen LogP contribution in [-0.2, 0) is 6.54 Å². The van der Waals surface area contributed by atoms with E-state index in [1.807, 2.05) is 19.2 Å². The van der Waals surface area contributed by atoms with Crippen molar-refractivity contribution in [2.45, 2.75) is 6.54 Å². The van der Waals surface area contributed by atoms with E-state index in [4.69, 9.17) is 11.6 Å². The highest BCUT2D eigenvalue weighted by atomic mass is 35.5. The van der Waals surface area contributed by atoms with E-state index >= 15 is 0 Å². The van der Waals surface area contributed by atoms with Gasteiger partial charge in [-0.25, -0.2) is 4.98 Å². The molecule has 3 heteroatoms. The van der Waals surface area contributed by atoms with E-state index in [9.17, 15) is 0 Å². The SMILES string of the molecule is CNCc1ccc2ccc(Cl)nc2c1. The van der Waals surface area contributed by atoms with Gasteiger partial charge in [-0.3, -0.25) is 0 Å². The molecular weight excluding hydrogens is 196 g/mol. The van der Waals surface area contributed by atoms with Crippen molar-refractivity contribution in [3.63, 3.8) is 0 Å². The van der Waals surface area contributed by atoms with Crippen molar-refractivity contribution < 1.29 is 0 Å². The Kier molecular flexibility index (Phi) is 2.66. The van der Waals surface area contributed by atoms with Crippen molar-refractivity contribution in [2.24, 2.45) is 0 Å². The van der Waals surface area contributed by atoms with E-state index in [1.165, 1.54) is 5.56 Å². The number of halogens is 1. The molecule has 1 N–H and O–H groups in total. The van der Waals surface area contributed by atoms with Gasteiger partial charge in [-0.2, -0.15) is 0 Å². The lowest BCUT2D eigenvalue weighted by atomic mass is 10.1. The van der Waals surface area contributed by atoms with Crippen LogP contribution in [0, 0.1) is 0 Å². The second-order valence-electron chi connectivity index (χ2n) is 3.19. The molecule has 14 heavy (non-hydrogen) atoms. The molecule has 0 aliphatic heterocycles. The summed E-state index contributed by atoms with van der Waals surface area (Å²) in [4.78, 5) is 4.26. The van der Waals surface area contributed by atoms with Crippen LogP contribution in [0.1, 0.15) is 5.56 Å². The molecule has 1 heterocycles. The summed E-state index contributed by atoms with van der Waals surface area (Å²) in [6.07, 6.45) is 0. The number of hydrogen-bond acceptors (Lipinski definition) is 2. The van der Waals surface area contributed by atoms with Gasteiger partial charge in [-0.15, -0.1) is 0 Å². The Morgan fingerprint density at radius 1 is 1.29 bits per heavy atom. The predicted molar refractivity (Wildman–Crippen MR) is 59.5 cm³/mol. The van der Waals surface area contributed by atoms with E-state index in [1.54, 1.807) is 0 Å². The first-order valence-corrected chi connectivity index (χ1v) is 4.87. The smallest absolute Gasteiger partial charge is 0.129 e. The van der Waals surface area contributed by atoms with Crippen LogP contribution in [0.25, 0.3) is 10.9 Å². The Balaban J connectivity index is 2.52. The zero-order chi connectivity index (χ0) is 9.97. The number of aromatic nitrogens is 1. The van der Waals surface area contributed by atoms with Crippen LogP contribution in [0.15, 0.2) is 30.3 Å². The van der Waals surface area contributed by atoms with Gasteiger partial charge >= 0.3 is 0 Å². The number of benzene rings is 1. The summed E-state index contributed by atoms with van der Waals surface area (Å²) in [6, 6.07) is 9.99. The Morgan fingerprint density at radius 3 is 2.86 bits per heavy atom. The minimum absolute atomic E-state index is 0.541. The van der Waals surface area contributed by atoms with E-state index in [0.717, 1.165) is 17.4 Å². The summed E-state index contributed by atoms with van der Waals surface area (Å²) < 4.78 is 0. The number of pyridine rings is 1. The average Bonchev–Trinajstić information content (AvgIpc) is 2.17. The molecule has 1 aromatic heterocycles. The second kappa shape index (κ2) is 3.95. The summed E-state index contributed by atoms with van der Waals surface area (Å²) in [5.74, 6) is 0. The van der Waals surface area contributed by atoms with Crippen molar-refractivity contribution in [1.82, 2.24) is 10.3 Å². The number of nitrogens with zero attached hydrogens (tertiary/aromatic N) is 1. The standard InChI is InChI=1S/C11H11ClN2/c1-13-7-8-2-3-9-4-5-11(12)14-10(9)6-8/h2-6,13H,7H2,1H3. The number of hydrogen-bond donors (Lipinski definition) is 1. The van der Waals surface area contributed by atoms with Gasteiger partial charge in [-0.1, -0.05) is 23.7 Å². The first kappa shape index (κ1) is 9.44. The largest absolute Gasteiger partial charge is 0.316 e. The van der Waals surface area contributed by atoms with Gasteiger partial charge in [0.05, 0.1) is 5.52 Å². The fraction of sp³-hybridized carbons (Fsp3) is 0.182. The van der Waals surface area contributed by atoms with Crippen LogP contribution in [0.2, 0.25) is 5.15 Å². The molecule has 72 valence electrons. The van der Waals surface area contributed by atoms with Crippen molar-refractivity contribution in [3.05, 3.63) is 41.0 Å². The van der Waals surface area contributed by atoms with Gasteiger partial charge in [0, 0.05) is 11.9 Å². The quantitative estimate of drug-likeness (QED) is 0.765. The molecule has 2 rings (SSSR count). The summed E-state index contributed by atoms with van der Waals surface area (Å²) in [7, 11) is 1.93. The molecule has 0 amide bonds. The van der Waals surface area contributed by atoms with Crippen LogP contribution in [-0.4, -0.2) is 12.0 Å². The van der Waals surface area contributed by atoms with Crippen molar-refractivity contribution in [1.29, 1.82) is 0 Å². The van der Waals surface area contributed by atoms with Gasteiger partial charge in [0.15, 0.2) is 0 Å². The summed E-state index contributed by atoms with van der Waals surface area (Å²) in [6.45, 7) is 0.851. The highest BCUT2D eigenvalue weighted by Gasteiger charge is 1.97. The first-order chi connectivity index (χ1) is 6.79. The first-order valence-electron chi connectivity index (χ1n) is 4.49. The molecule has 0 spiro atoms. The highest BCUT2D eigenvalue weighted by Crippen LogP contribution is 2.16.